The lowest BCUT2D eigenvalue weighted by atomic mass is 9.85. The highest BCUT2D eigenvalue weighted by molar-refractivity contribution is 7.80. The number of aliphatic hydroxyl groups excluding tert-OH is 12. The minimum absolute atomic E-state index is 1.64. The fourth-order valence-corrected chi connectivity index (χ4v) is 2.42. The van der Waals surface area contributed by atoms with Crippen molar-refractivity contribution < 1.29 is 131 Å². The van der Waals surface area contributed by atoms with Crippen LogP contribution in [0.2, 0.25) is 0 Å². The normalized spacial score (nSPS) is 35.5. The Morgan fingerprint density at radius 2 is 0.227 bits per heavy atom. The summed E-state index contributed by atoms with van der Waals surface area (Å²) in [5.41, 5.74) is 0. The Labute approximate surface area is 246 Å². The van der Waals surface area contributed by atoms with Crippen LogP contribution in [0.3, 0.4) is 0 Å². The summed E-state index contributed by atoms with van der Waals surface area (Å²) in [5.74, 6) is 0. The lowest BCUT2D eigenvalue weighted by molar-refractivity contribution is -0.223. The fourth-order valence-electron chi connectivity index (χ4n) is 2.42. The van der Waals surface area contributed by atoms with Gasteiger partial charge in [-0.1, -0.05) is 0 Å². The fraction of sp³-hybridized carbons (Fsp3) is 1.00. The number of rotatable bonds is 0. The van der Waals surface area contributed by atoms with Crippen molar-refractivity contribution >= 4 is 41.6 Å². The van der Waals surface area contributed by atoms with E-state index in [1.165, 1.54) is 0 Å². The summed E-state index contributed by atoms with van der Waals surface area (Å²) in [7, 11) is -18.7. The monoisotopic (exact) mass is 752 g/mol. The molecule has 2 fully saturated rings. The van der Waals surface area contributed by atoms with Crippen LogP contribution in [0.15, 0.2) is 0 Å². The molecule has 0 radical (unpaired) electrons. The van der Waals surface area contributed by atoms with Crippen molar-refractivity contribution in [2.24, 2.45) is 0 Å². The molecule has 0 heterocycles. The van der Waals surface area contributed by atoms with Gasteiger partial charge in [0.2, 0.25) is 0 Å². The van der Waals surface area contributed by atoms with Gasteiger partial charge in [0.25, 0.3) is 0 Å². The second-order valence-corrected chi connectivity index (χ2v) is 11.3. The maximum Gasteiger partial charge on any atom is 0.394 e. The minimum atomic E-state index is -4.67. The van der Waals surface area contributed by atoms with Crippen LogP contribution in [-0.2, 0) is 41.6 Å². The Balaban J connectivity index is -0.000000232. The highest BCUT2D eigenvalue weighted by Crippen LogP contribution is 2.21. The summed E-state index contributed by atoms with van der Waals surface area (Å²) in [6.07, 6.45) is -19.7. The van der Waals surface area contributed by atoms with Crippen molar-refractivity contribution in [3.8, 4) is 0 Å². The maximum atomic E-state index is 8.97. The predicted molar refractivity (Wildman–Crippen MR) is 129 cm³/mol. The summed E-state index contributed by atoms with van der Waals surface area (Å²) in [6.45, 7) is 0. The molecule has 0 saturated heterocycles. The van der Waals surface area contributed by atoms with Gasteiger partial charge in [-0.15, -0.1) is 0 Å². The number of aliphatic hydroxyl groups is 12. The van der Waals surface area contributed by atoms with Crippen molar-refractivity contribution in [1.82, 2.24) is 0 Å². The van der Waals surface area contributed by atoms with E-state index in [1.54, 1.807) is 0 Å². The molecule has 44 heavy (non-hydrogen) atoms. The van der Waals surface area contributed by atoms with E-state index in [0.29, 0.717) is 0 Å². The van der Waals surface area contributed by atoms with Gasteiger partial charge in [0.1, 0.15) is 73.2 Å². The van der Waals surface area contributed by atoms with Gasteiger partial charge in [-0.25, -0.2) is 0 Å². The first kappa shape index (κ1) is 49.9. The Morgan fingerprint density at radius 3 is 0.250 bits per heavy atom. The Bertz CT molecular complexity index is 910. The number of hydrogen-bond donors (Lipinski definition) is 20. The number of hydrogen-bond acceptors (Lipinski definition) is 20. The average Bonchev–Trinajstić information content (AvgIpc) is 2.77. The Morgan fingerprint density at radius 1 is 0.205 bits per heavy atom. The average molecular weight is 753 g/mol. The molecule has 0 aromatic rings. The van der Waals surface area contributed by atoms with Crippen molar-refractivity contribution in [3.05, 3.63) is 0 Å². The van der Waals surface area contributed by atoms with Crippen molar-refractivity contribution in [2.75, 3.05) is 0 Å². The third-order valence-corrected chi connectivity index (χ3v) is 4.20. The standard InChI is InChI=1S/2C6H12O6.4H2O4S/c2*7-1-2(8)4(10)6(12)5(11)3(1)9;4*1-5(2,3)4/h2*1-12H;4*(H2,1,2,3,4). The third-order valence-electron chi connectivity index (χ3n) is 4.20. The van der Waals surface area contributed by atoms with Gasteiger partial charge >= 0.3 is 41.6 Å². The molecular weight excluding hydrogens is 720 g/mol. The predicted octanol–water partition coefficient (Wildman–Crippen LogP) is -10.3. The van der Waals surface area contributed by atoms with Crippen molar-refractivity contribution in [1.29, 1.82) is 0 Å². The van der Waals surface area contributed by atoms with Crippen LogP contribution in [-0.4, -0.2) is 205 Å². The molecule has 2 rings (SSSR count). The Kier molecular flexibility index (Phi) is 23.0. The van der Waals surface area contributed by atoms with E-state index in [0.717, 1.165) is 0 Å². The van der Waals surface area contributed by atoms with Crippen LogP contribution < -0.4 is 0 Å². The molecule has 2 saturated carbocycles. The molecule has 0 amide bonds. The minimum Gasteiger partial charge on any atom is -0.387 e. The molecule has 0 aromatic heterocycles. The van der Waals surface area contributed by atoms with Gasteiger partial charge < -0.3 is 61.3 Å². The second-order valence-electron chi connectivity index (χ2n) is 7.68. The van der Waals surface area contributed by atoms with E-state index in [9.17, 15) is 0 Å². The largest absolute Gasteiger partial charge is 0.394 e. The zero-order chi connectivity index (χ0) is 36.9. The zero-order valence-corrected chi connectivity index (χ0v) is 24.0. The highest BCUT2D eigenvalue weighted by atomic mass is 32.3. The van der Waals surface area contributed by atoms with Gasteiger partial charge in [-0.2, -0.15) is 33.7 Å². The molecule has 0 aliphatic heterocycles. The molecule has 0 atom stereocenters. The summed E-state index contributed by atoms with van der Waals surface area (Å²) in [4.78, 5) is 0. The maximum absolute atomic E-state index is 8.97. The Hall–Kier alpha value is -1.00. The topological polar surface area (TPSA) is 541 Å². The lowest BCUT2D eigenvalue weighted by Crippen LogP contribution is -2.63. The summed E-state index contributed by atoms with van der Waals surface area (Å²) in [5, 5.41) is 108. The van der Waals surface area contributed by atoms with Crippen molar-refractivity contribution in [3.63, 3.8) is 0 Å². The van der Waals surface area contributed by atoms with Crippen LogP contribution >= 0.6 is 0 Å². The first-order valence-corrected chi connectivity index (χ1v) is 15.5. The molecule has 28 nitrogen and oxygen atoms in total. The van der Waals surface area contributed by atoms with Gasteiger partial charge in [0.15, 0.2) is 0 Å². The first-order valence-electron chi connectivity index (χ1n) is 9.89. The second kappa shape index (κ2) is 20.3. The molecule has 0 bridgehead atoms. The van der Waals surface area contributed by atoms with Gasteiger partial charge in [-0.3, -0.25) is 36.4 Å². The summed E-state index contributed by atoms with van der Waals surface area (Å²) in [6, 6.07) is 0. The highest BCUT2D eigenvalue weighted by Gasteiger charge is 2.48. The van der Waals surface area contributed by atoms with E-state index in [1.807, 2.05) is 0 Å². The van der Waals surface area contributed by atoms with Gasteiger partial charge in [0, 0.05) is 0 Å². The van der Waals surface area contributed by atoms with Crippen LogP contribution in [0.4, 0.5) is 0 Å². The quantitative estimate of drug-likeness (QED) is 0.102. The molecule has 2 aliphatic rings. The van der Waals surface area contributed by atoms with E-state index in [-0.39, 0.29) is 0 Å². The van der Waals surface area contributed by atoms with Crippen molar-refractivity contribution in [2.45, 2.75) is 73.2 Å². The molecule has 0 spiro atoms. The zero-order valence-electron chi connectivity index (χ0n) is 20.8. The van der Waals surface area contributed by atoms with E-state index >= 15 is 0 Å². The van der Waals surface area contributed by atoms with Crippen LogP contribution in [0.25, 0.3) is 0 Å². The van der Waals surface area contributed by atoms with Crippen LogP contribution in [0, 0.1) is 0 Å². The van der Waals surface area contributed by atoms with E-state index in [4.69, 9.17) is 131 Å². The van der Waals surface area contributed by atoms with Crippen LogP contribution in [0.1, 0.15) is 0 Å². The van der Waals surface area contributed by atoms with Gasteiger partial charge in [-0.05, 0) is 0 Å². The van der Waals surface area contributed by atoms with E-state index < -0.39 is 115 Å². The lowest BCUT2D eigenvalue weighted by Gasteiger charge is -2.39. The smallest absolute Gasteiger partial charge is 0.387 e. The molecule has 2 aliphatic carbocycles. The van der Waals surface area contributed by atoms with E-state index in [2.05, 4.69) is 0 Å². The molecule has 272 valence electrons. The third kappa shape index (κ3) is 29.7. The molecule has 20 N–H and O–H groups in total. The molecular formula is C12H32O28S4. The SMILES string of the molecule is O=S(=O)(O)O.O=S(=O)(O)O.O=S(=O)(O)O.O=S(=O)(O)O.OC1C(O)C(O)C(O)C(O)C1O.OC1C(O)C(O)C(O)C(O)C1O. The van der Waals surface area contributed by atoms with Crippen LogP contribution in [0.5, 0.6) is 0 Å². The van der Waals surface area contributed by atoms with Gasteiger partial charge in [0.05, 0.1) is 0 Å². The summed E-state index contributed by atoms with van der Waals surface area (Å²) < 4.78 is 126. The molecule has 0 aromatic carbocycles. The molecule has 32 heteroatoms. The molecule has 0 unspecified atom stereocenters. The summed E-state index contributed by atoms with van der Waals surface area (Å²) >= 11 is 0. The first-order chi connectivity index (χ1) is 18.9.